The van der Waals surface area contributed by atoms with Crippen LogP contribution in [-0.2, 0) is 16.1 Å². The number of fused-ring (bicyclic) bond motifs is 1. The number of para-hydroxylation sites is 1. The van der Waals surface area contributed by atoms with Gasteiger partial charge in [0, 0.05) is 25.8 Å². The van der Waals surface area contributed by atoms with Crippen molar-refractivity contribution >= 4 is 34.4 Å². The van der Waals surface area contributed by atoms with Gasteiger partial charge < -0.3 is 10.1 Å². The van der Waals surface area contributed by atoms with Gasteiger partial charge in [0.15, 0.2) is 5.16 Å². The topological polar surface area (TPSA) is 91.0 Å². The Bertz CT molecular complexity index is 1380. The number of anilines is 1. The van der Waals surface area contributed by atoms with Gasteiger partial charge in [0.2, 0.25) is 5.91 Å². The Kier molecular flexibility index (Phi) is 7.99. The van der Waals surface area contributed by atoms with Gasteiger partial charge in [-0.25, -0.2) is 9.67 Å². The number of nitrogens with zero attached hydrogens (tertiary/aromatic N) is 4. The van der Waals surface area contributed by atoms with Gasteiger partial charge in [0.1, 0.15) is 5.82 Å². The molecule has 1 N–H and O–H groups in total. The molecule has 4 rings (SSSR count). The fraction of sp³-hybridized carbons (Fsp3) is 0.308. The van der Waals surface area contributed by atoms with Gasteiger partial charge in [0.25, 0.3) is 5.56 Å². The Balaban J connectivity index is 1.52. The highest BCUT2D eigenvalue weighted by Crippen LogP contribution is 2.21. The van der Waals surface area contributed by atoms with Crippen molar-refractivity contribution in [2.45, 2.75) is 38.9 Å². The van der Waals surface area contributed by atoms with Gasteiger partial charge in [-0.1, -0.05) is 41.6 Å². The number of aromatic nitrogens is 4. The average molecular weight is 492 g/mol. The average Bonchev–Trinajstić information content (AvgIpc) is 3.22. The number of ether oxygens (including phenoxy) is 1. The molecule has 0 bridgehead atoms. The molecule has 0 saturated carbocycles. The lowest BCUT2D eigenvalue weighted by atomic mass is 10.2. The van der Waals surface area contributed by atoms with Gasteiger partial charge in [-0.2, -0.15) is 5.10 Å². The van der Waals surface area contributed by atoms with Crippen LogP contribution in [0.1, 0.15) is 24.6 Å². The predicted octanol–water partition coefficient (Wildman–Crippen LogP) is 4.36. The van der Waals surface area contributed by atoms with E-state index in [0.29, 0.717) is 48.1 Å². The highest BCUT2D eigenvalue weighted by molar-refractivity contribution is 7.99. The zero-order chi connectivity index (χ0) is 24.8. The summed E-state index contributed by atoms with van der Waals surface area (Å²) in [5, 5.41) is 8.55. The largest absolute Gasteiger partial charge is 0.382 e. The summed E-state index contributed by atoms with van der Waals surface area (Å²) >= 11 is 1.25. The van der Waals surface area contributed by atoms with Crippen molar-refractivity contribution in [3.8, 4) is 5.69 Å². The molecule has 2 aromatic heterocycles. The first kappa shape index (κ1) is 24.7. The molecule has 0 aliphatic carbocycles. The first-order valence-corrected chi connectivity index (χ1v) is 12.6. The molecule has 182 valence electrons. The number of thioether (sulfide) groups is 1. The number of carbonyl (C=O) groups is 1. The van der Waals surface area contributed by atoms with E-state index < -0.39 is 0 Å². The molecule has 35 heavy (non-hydrogen) atoms. The molecular weight excluding hydrogens is 462 g/mol. The number of hydrogen-bond donors (Lipinski definition) is 1. The van der Waals surface area contributed by atoms with E-state index >= 15 is 0 Å². The first-order chi connectivity index (χ1) is 17.0. The van der Waals surface area contributed by atoms with E-state index in [4.69, 9.17) is 4.74 Å². The zero-order valence-corrected chi connectivity index (χ0v) is 21.0. The molecule has 0 fully saturated rings. The number of benzene rings is 2. The van der Waals surface area contributed by atoms with Crippen LogP contribution in [0.5, 0.6) is 0 Å². The lowest BCUT2D eigenvalue weighted by Crippen LogP contribution is -2.25. The molecule has 0 aliphatic heterocycles. The van der Waals surface area contributed by atoms with Crippen molar-refractivity contribution < 1.29 is 9.53 Å². The van der Waals surface area contributed by atoms with Crippen LogP contribution in [-0.4, -0.2) is 44.2 Å². The smallest absolute Gasteiger partial charge is 0.262 e. The van der Waals surface area contributed by atoms with Gasteiger partial charge in [-0.3, -0.25) is 14.2 Å². The summed E-state index contributed by atoms with van der Waals surface area (Å²) in [6.45, 7) is 7.51. The molecule has 9 heteroatoms. The minimum absolute atomic E-state index is 0.106. The van der Waals surface area contributed by atoms with E-state index in [2.05, 4.69) is 15.4 Å². The Morgan fingerprint density at radius 3 is 2.66 bits per heavy atom. The van der Waals surface area contributed by atoms with Crippen molar-refractivity contribution in [3.05, 3.63) is 76.2 Å². The van der Waals surface area contributed by atoms with E-state index in [1.807, 2.05) is 69.3 Å². The quantitative estimate of drug-likeness (QED) is 0.201. The summed E-state index contributed by atoms with van der Waals surface area (Å²) in [5.41, 5.74) is 3.33. The maximum Gasteiger partial charge on any atom is 0.262 e. The molecule has 2 aromatic carbocycles. The summed E-state index contributed by atoms with van der Waals surface area (Å²) < 4.78 is 8.78. The Hall–Kier alpha value is -3.43. The van der Waals surface area contributed by atoms with Crippen LogP contribution < -0.4 is 10.9 Å². The predicted molar refractivity (Wildman–Crippen MR) is 140 cm³/mol. The standard InChI is InChI=1S/C26H29N5O3S/c1-4-34-15-7-14-30-25(33)21-8-5-6-9-22(21)27-26(30)35-17-24(32)28-23-16-19(3)29-31(23)20-12-10-18(2)11-13-20/h5-6,8-13,16H,4,7,14-15,17H2,1-3H3,(H,28,32). The van der Waals surface area contributed by atoms with Crippen LogP contribution in [0.2, 0.25) is 0 Å². The van der Waals surface area contributed by atoms with Gasteiger partial charge >= 0.3 is 0 Å². The zero-order valence-electron chi connectivity index (χ0n) is 20.2. The van der Waals surface area contributed by atoms with Crippen molar-refractivity contribution in [2.75, 3.05) is 24.3 Å². The summed E-state index contributed by atoms with van der Waals surface area (Å²) in [4.78, 5) is 30.7. The fourth-order valence-electron chi connectivity index (χ4n) is 3.70. The maximum atomic E-state index is 13.1. The van der Waals surface area contributed by atoms with Crippen LogP contribution in [0, 0.1) is 13.8 Å². The summed E-state index contributed by atoms with van der Waals surface area (Å²) in [7, 11) is 0. The minimum Gasteiger partial charge on any atom is -0.382 e. The van der Waals surface area contributed by atoms with Crippen LogP contribution >= 0.6 is 11.8 Å². The number of hydrogen-bond acceptors (Lipinski definition) is 6. The van der Waals surface area contributed by atoms with E-state index in [9.17, 15) is 9.59 Å². The lowest BCUT2D eigenvalue weighted by molar-refractivity contribution is -0.113. The van der Waals surface area contributed by atoms with Crippen LogP contribution in [0.4, 0.5) is 5.82 Å². The van der Waals surface area contributed by atoms with Crippen molar-refractivity contribution in [3.63, 3.8) is 0 Å². The minimum atomic E-state index is -0.202. The summed E-state index contributed by atoms with van der Waals surface area (Å²) in [5.74, 6) is 0.498. The molecule has 1 amide bonds. The van der Waals surface area contributed by atoms with Gasteiger partial charge in [-0.05, 0) is 51.5 Å². The van der Waals surface area contributed by atoms with E-state index in [-0.39, 0.29) is 17.2 Å². The third-order valence-electron chi connectivity index (χ3n) is 5.41. The maximum absolute atomic E-state index is 13.1. The molecule has 0 aliphatic rings. The van der Waals surface area contributed by atoms with Crippen LogP contribution in [0.15, 0.2) is 64.5 Å². The monoisotopic (exact) mass is 491 g/mol. The molecule has 0 saturated heterocycles. The second kappa shape index (κ2) is 11.3. The Morgan fingerprint density at radius 1 is 1.11 bits per heavy atom. The summed E-state index contributed by atoms with van der Waals surface area (Å²) in [6.07, 6.45) is 0.683. The first-order valence-electron chi connectivity index (χ1n) is 11.6. The van der Waals surface area contributed by atoms with Gasteiger partial charge in [-0.15, -0.1) is 0 Å². The molecule has 0 radical (unpaired) electrons. The van der Waals surface area contributed by atoms with Crippen molar-refractivity contribution in [1.29, 1.82) is 0 Å². The van der Waals surface area contributed by atoms with E-state index in [0.717, 1.165) is 16.9 Å². The van der Waals surface area contributed by atoms with Crippen LogP contribution in [0.3, 0.4) is 0 Å². The molecular formula is C26H29N5O3S. The number of carbonyl (C=O) groups excluding carboxylic acids is 1. The molecule has 0 atom stereocenters. The summed E-state index contributed by atoms with van der Waals surface area (Å²) in [6, 6.07) is 17.0. The molecule has 8 nitrogen and oxygen atoms in total. The fourth-order valence-corrected chi connectivity index (χ4v) is 4.53. The van der Waals surface area contributed by atoms with Crippen molar-refractivity contribution in [1.82, 2.24) is 19.3 Å². The molecule has 0 spiro atoms. The third-order valence-corrected chi connectivity index (χ3v) is 6.39. The SMILES string of the molecule is CCOCCCn1c(SCC(=O)Nc2cc(C)nn2-c2ccc(C)cc2)nc2ccccc2c1=O. The van der Waals surface area contributed by atoms with E-state index in [1.165, 1.54) is 11.8 Å². The highest BCUT2D eigenvalue weighted by atomic mass is 32.2. The lowest BCUT2D eigenvalue weighted by Gasteiger charge is -2.13. The molecule has 4 aromatic rings. The molecule has 2 heterocycles. The molecule has 0 unspecified atom stereocenters. The van der Waals surface area contributed by atoms with Gasteiger partial charge in [0.05, 0.1) is 28.0 Å². The van der Waals surface area contributed by atoms with Crippen LogP contribution in [0.25, 0.3) is 16.6 Å². The normalized spacial score (nSPS) is 11.2. The Morgan fingerprint density at radius 2 is 1.89 bits per heavy atom. The second-order valence-electron chi connectivity index (χ2n) is 8.17. The second-order valence-corrected chi connectivity index (χ2v) is 9.12. The number of rotatable bonds is 10. The van der Waals surface area contributed by atoms with Crippen molar-refractivity contribution in [2.24, 2.45) is 0 Å². The third kappa shape index (κ3) is 5.98. The highest BCUT2D eigenvalue weighted by Gasteiger charge is 2.15. The Labute approximate surface area is 208 Å². The van der Waals surface area contributed by atoms with E-state index in [1.54, 1.807) is 15.3 Å². The number of nitrogens with one attached hydrogen (secondary N) is 1. The number of amides is 1. The number of aryl methyl sites for hydroxylation is 2.